The number of aliphatic hydroxyl groups excluding tert-OH is 1. The molecule has 1 fully saturated rings. The van der Waals surface area contributed by atoms with Crippen LogP contribution in [0.2, 0.25) is 0 Å². The molecule has 3 rings (SSSR count). The summed E-state index contributed by atoms with van der Waals surface area (Å²) in [6, 6.07) is 19.9. The molecular weight excluding hydrogens is 348 g/mol. The zero-order valence-electron chi connectivity index (χ0n) is 14.8. The van der Waals surface area contributed by atoms with Crippen LogP contribution in [-0.2, 0) is 4.79 Å². The number of rotatable bonds is 6. The Morgan fingerprint density at radius 2 is 1.42 bits per heavy atom. The summed E-state index contributed by atoms with van der Waals surface area (Å²) in [6.45, 7) is 3.42. The van der Waals surface area contributed by atoms with Gasteiger partial charge in [-0.1, -0.05) is 60.7 Å². The summed E-state index contributed by atoms with van der Waals surface area (Å²) in [5.74, 6) is 0.0980. The van der Waals surface area contributed by atoms with Crippen molar-refractivity contribution in [3.63, 3.8) is 0 Å². The van der Waals surface area contributed by atoms with Gasteiger partial charge in [0.25, 0.3) is 0 Å². The van der Waals surface area contributed by atoms with Gasteiger partial charge >= 0.3 is 0 Å². The number of nitrogens with zero attached hydrogens (tertiary/aromatic N) is 2. The third-order valence-electron chi connectivity index (χ3n) is 4.84. The molecule has 0 radical (unpaired) electrons. The van der Waals surface area contributed by atoms with E-state index in [1.165, 1.54) is 0 Å². The van der Waals surface area contributed by atoms with Crippen molar-refractivity contribution in [2.24, 2.45) is 0 Å². The topological polar surface area (TPSA) is 43.8 Å². The molecule has 1 heterocycles. The van der Waals surface area contributed by atoms with E-state index in [2.05, 4.69) is 4.90 Å². The first kappa shape index (κ1) is 18.9. The smallest absolute Gasteiger partial charge is 0.234 e. The highest BCUT2D eigenvalue weighted by molar-refractivity contribution is 6.18. The minimum Gasteiger partial charge on any atom is -0.391 e. The number of amides is 1. The number of aliphatic hydroxyl groups is 1. The molecule has 1 aliphatic heterocycles. The summed E-state index contributed by atoms with van der Waals surface area (Å²) in [5.41, 5.74) is 2.03. The van der Waals surface area contributed by atoms with Crippen LogP contribution in [0.5, 0.6) is 0 Å². The van der Waals surface area contributed by atoms with Crippen LogP contribution < -0.4 is 0 Å². The highest BCUT2D eigenvalue weighted by atomic mass is 35.5. The van der Waals surface area contributed by atoms with Crippen LogP contribution in [0.15, 0.2) is 60.7 Å². The molecule has 1 N–H and O–H groups in total. The SMILES string of the molecule is O=C(C(c1ccccc1)c1ccccc1)N1CCN(C[C@@H](O)CCl)CC1. The average Bonchev–Trinajstić information content (AvgIpc) is 2.70. The zero-order chi connectivity index (χ0) is 18.4. The van der Waals surface area contributed by atoms with Gasteiger partial charge in [0.05, 0.1) is 12.0 Å². The van der Waals surface area contributed by atoms with Crippen molar-refractivity contribution < 1.29 is 9.90 Å². The Balaban J connectivity index is 1.73. The second-order valence-corrected chi connectivity index (χ2v) is 7.00. The van der Waals surface area contributed by atoms with Gasteiger partial charge in [-0.2, -0.15) is 0 Å². The van der Waals surface area contributed by atoms with Gasteiger partial charge in [0.15, 0.2) is 0 Å². The van der Waals surface area contributed by atoms with Crippen LogP contribution in [-0.4, -0.2) is 65.5 Å². The fourth-order valence-electron chi connectivity index (χ4n) is 3.45. The molecule has 2 aromatic rings. The molecular formula is C21H25ClN2O2. The molecule has 138 valence electrons. The normalized spacial score (nSPS) is 16.7. The zero-order valence-corrected chi connectivity index (χ0v) is 15.6. The standard InChI is InChI=1S/C21H25ClN2O2/c22-15-19(25)16-23-11-13-24(14-12-23)21(26)20(17-7-3-1-4-8-17)18-9-5-2-6-10-18/h1-10,19-20,25H,11-16H2/t19-/m0/s1. The average molecular weight is 373 g/mol. The van der Waals surface area contributed by atoms with Gasteiger partial charge in [0, 0.05) is 38.6 Å². The van der Waals surface area contributed by atoms with Gasteiger partial charge in [-0.3, -0.25) is 9.69 Å². The summed E-state index contributed by atoms with van der Waals surface area (Å²) in [6.07, 6.45) is -0.514. The number of alkyl halides is 1. The van der Waals surface area contributed by atoms with E-state index >= 15 is 0 Å². The fourth-order valence-corrected chi connectivity index (χ4v) is 3.55. The van der Waals surface area contributed by atoms with Gasteiger partial charge < -0.3 is 10.0 Å². The van der Waals surface area contributed by atoms with Crippen LogP contribution in [0.25, 0.3) is 0 Å². The lowest BCUT2D eigenvalue weighted by Crippen LogP contribution is -2.51. The van der Waals surface area contributed by atoms with Crippen LogP contribution in [0, 0.1) is 0 Å². The number of piperazine rings is 1. The molecule has 2 aromatic carbocycles. The molecule has 4 nitrogen and oxygen atoms in total. The first-order valence-electron chi connectivity index (χ1n) is 9.04. The van der Waals surface area contributed by atoms with Crippen LogP contribution in [0.4, 0.5) is 0 Å². The third-order valence-corrected chi connectivity index (χ3v) is 5.20. The Hall–Kier alpha value is -1.88. The van der Waals surface area contributed by atoms with Crippen LogP contribution in [0.3, 0.4) is 0 Å². The van der Waals surface area contributed by atoms with Gasteiger partial charge in [-0.05, 0) is 11.1 Å². The lowest BCUT2D eigenvalue weighted by atomic mass is 9.90. The number of hydrogen-bond acceptors (Lipinski definition) is 3. The molecule has 1 atom stereocenters. The maximum Gasteiger partial charge on any atom is 0.234 e. The summed E-state index contributed by atoms with van der Waals surface area (Å²) in [7, 11) is 0. The second kappa shape index (κ2) is 9.17. The maximum atomic E-state index is 13.3. The largest absolute Gasteiger partial charge is 0.391 e. The fraction of sp³-hybridized carbons (Fsp3) is 0.381. The Kier molecular flexibility index (Phi) is 6.67. The lowest BCUT2D eigenvalue weighted by Gasteiger charge is -2.37. The summed E-state index contributed by atoms with van der Waals surface area (Å²) in [4.78, 5) is 17.4. The van der Waals surface area contributed by atoms with Crippen molar-refractivity contribution in [2.45, 2.75) is 12.0 Å². The van der Waals surface area contributed by atoms with Gasteiger partial charge in [-0.25, -0.2) is 0 Å². The molecule has 0 saturated carbocycles. The van der Waals surface area contributed by atoms with Gasteiger partial charge in [0.1, 0.15) is 0 Å². The molecule has 0 aliphatic carbocycles. The van der Waals surface area contributed by atoms with E-state index in [4.69, 9.17) is 11.6 Å². The Morgan fingerprint density at radius 3 is 1.88 bits per heavy atom. The summed E-state index contributed by atoms with van der Waals surface area (Å²) < 4.78 is 0. The monoisotopic (exact) mass is 372 g/mol. The van der Waals surface area contributed by atoms with E-state index in [0.29, 0.717) is 19.6 Å². The number of β-amino-alcohol motifs (C(OH)–C–C–N with tert-alkyl or cyclic N) is 1. The molecule has 0 spiro atoms. The van der Waals surface area contributed by atoms with Crippen LogP contribution >= 0.6 is 11.6 Å². The maximum absolute atomic E-state index is 13.3. The number of hydrogen-bond donors (Lipinski definition) is 1. The number of halogens is 1. The summed E-state index contributed by atoms with van der Waals surface area (Å²) in [5, 5.41) is 9.72. The number of benzene rings is 2. The quantitative estimate of drug-likeness (QED) is 0.792. The molecule has 0 aromatic heterocycles. The molecule has 0 unspecified atom stereocenters. The van der Waals surface area contributed by atoms with Crippen molar-refractivity contribution in [2.75, 3.05) is 38.6 Å². The third kappa shape index (κ3) is 4.64. The minimum atomic E-state index is -0.514. The molecule has 5 heteroatoms. The van der Waals surface area contributed by atoms with E-state index < -0.39 is 6.10 Å². The second-order valence-electron chi connectivity index (χ2n) is 6.69. The number of carbonyl (C=O) groups excluding carboxylic acids is 1. The highest BCUT2D eigenvalue weighted by Gasteiger charge is 2.30. The van der Waals surface area contributed by atoms with Crippen molar-refractivity contribution in [3.8, 4) is 0 Å². The van der Waals surface area contributed by atoms with E-state index in [1.54, 1.807) is 0 Å². The van der Waals surface area contributed by atoms with Gasteiger partial charge in [-0.15, -0.1) is 11.6 Å². The predicted octanol–water partition coefficient (Wildman–Crippen LogP) is 2.56. The van der Waals surface area contributed by atoms with E-state index in [1.807, 2.05) is 65.6 Å². The van der Waals surface area contributed by atoms with Crippen molar-refractivity contribution in [1.29, 1.82) is 0 Å². The molecule has 1 saturated heterocycles. The van der Waals surface area contributed by atoms with Crippen molar-refractivity contribution in [1.82, 2.24) is 9.80 Å². The predicted molar refractivity (Wildman–Crippen MR) is 104 cm³/mol. The molecule has 1 aliphatic rings. The first-order chi connectivity index (χ1) is 12.7. The Morgan fingerprint density at radius 1 is 0.923 bits per heavy atom. The van der Waals surface area contributed by atoms with E-state index in [9.17, 15) is 9.90 Å². The Bertz CT molecular complexity index is 648. The highest BCUT2D eigenvalue weighted by Crippen LogP contribution is 2.27. The molecule has 1 amide bonds. The summed E-state index contributed by atoms with van der Waals surface area (Å²) >= 11 is 5.69. The van der Waals surface area contributed by atoms with Crippen LogP contribution in [0.1, 0.15) is 17.0 Å². The Labute approximate surface area is 160 Å². The van der Waals surface area contributed by atoms with E-state index in [0.717, 1.165) is 24.2 Å². The minimum absolute atomic E-state index is 0.139. The molecule has 0 bridgehead atoms. The molecule has 26 heavy (non-hydrogen) atoms. The number of carbonyl (C=O) groups is 1. The van der Waals surface area contributed by atoms with Gasteiger partial charge in [0.2, 0.25) is 5.91 Å². The van der Waals surface area contributed by atoms with E-state index in [-0.39, 0.29) is 17.7 Å². The van der Waals surface area contributed by atoms with Crippen molar-refractivity contribution >= 4 is 17.5 Å². The first-order valence-corrected chi connectivity index (χ1v) is 9.57. The van der Waals surface area contributed by atoms with Crippen molar-refractivity contribution in [3.05, 3.63) is 71.8 Å². The lowest BCUT2D eigenvalue weighted by molar-refractivity contribution is -0.133.